The highest BCUT2D eigenvalue weighted by molar-refractivity contribution is 7.98. The molecule has 21 heavy (non-hydrogen) atoms. The third kappa shape index (κ3) is 6.00. The highest BCUT2D eigenvalue weighted by Gasteiger charge is 2.11. The lowest BCUT2D eigenvalue weighted by Gasteiger charge is -2.22. The minimum atomic E-state index is 0.106. The summed E-state index contributed by atoms with van der Waals surface area (Å²) < 4.78 is 0. The minimum Gasteiger partial charge on any atom is -0.374 e. The van der Waals surface area contributed by atoms with Crippen LogP contribution in [0.5, 0.6) is 0 Å². The lowest BCUT2D eigenvalue weighted by atomic mass is 10.1. The maximum absolute atomic E-state index is 12.3. The number of nitrogens with zero attached hydrogens (tertiary/aromatic N) is 2. The van der Waals surface area contributed by atoms with Gasteiger partial charge in [-0.1, -0.05) is 13.8 Å². The van der Waals surface area contributed by atoms with Gasteiger partial charge in [0, 0.05) is 38.4 Å². The molecule has 0 aromatic heterocycles. The van der Waals surface area contributed by atoms with Gasteiger partial charge in [0.25, 0.3) is 5.91 Å². The van der Waals surface area contributed by atoms with Crippen molar-refractivity contribution in [1.29, 1.82) is 0 Å². The summed E-state index contributed by atoms with van der Waals surface area (Å²) in [6.07, 6.45) is 3.13. The molecule has 0 aliphatic carbocycles. The first-order valence-corrected chi connectivity index (χ1v) is 8.90. The normalized spacial score (nSPS) is 10.8. The van der Waals surface area contributed by atoms with Gasteiger partial charge < -0.3 is 9.80 Å². The summed E-state index contributed by atoms with van der Waals surface area (Å²) in [5.41, 5.74) is 1.92. The van der Waals surface area contributed by atoms with Crippen LogP contribution in [0.1, 0.15) is 30.6 Å². The summed E-state index contributed by atoms with van der Waals surface area (Å²) in [7, 11) is 3.97. The van der Waals surface area contributed by atoms with Crippen molar-refractivity contribution < 1.29 is 4.79 Å². The first-order valence-electron chi connectivity index (χ1n) is 7.51. The quantitative estimate of drug-likeness (QED) is 0.686. The van der Waals surface area contributed by atoms with Crippen molar-refractivity contribution in [3.63, 3.8) is 0 Å². The Kier molecular flexibility index (Phi) is 7.65. The van der Waals surface area contributed by atoms with E-state index in [4.69, 9.17) is 0 Å². The van der Waals surface area contributed by atoms with E-state index in [9.17, 15) is 4.79 Å². The molecule has 0 aliphatic heterocycles. The van der Waals surface area contributed by atoms with Crippen LogP contribution in [0.15, 0.2) is 24.3 Å². The van der Waals surface area contributed by atoms with Crippen LogP contribution < -0.4 is 4.90 Å². The summed E-state index contributed by atoms with van der Waals surface area (Å²) >= 11 is 1.82. The molecule has 0 saturated carbocycles. The van der Waals surface area contributed by atoms with Crippen LogP contribution in [0.3, 0.4) is 0 Å². The molecule has 0 fully saturated rings. The van der Waals surface area contributed by atoms with Gasteiger partial charge in [0.05, 0.1) is 0 Å². The number of hydrogen-bond acceptors (Lipinski definition) is 3. The molecule has 1 amide bonds. The number of amides is 1. The molecule has 0 heterocycles. The number of anilines is 1. The Morgan fingerprint density at radius 2 is 1.81 bits per heavy atom. The summed E-state index contributed by atoms with van der Waals surface area (Å²) in [4.78, 5) is 16.3. The van der Waals surface area contributed by atoms with Gasteiger partial charge >= 0.3 is 0 Å². The second-order valence-electron chi connectivity index (χ2n) is 5.89. The highest BCUT2D eigenvalue weighted by atomic mass is 32.2. The maximum Gasteiger partial charge on any atom is 0.253 e. The van der Waals surface area contributed by atoms with Gasteiger partial charge in [-0.25, -0.2) is 0 Å². The Labute approximate surface area is 133 Å². The van der Waals surface area contributed by atoms with Crippen LogP contribution in [0.4, 0.5) is 5.69 Å². The van der Waals surface area contributed by atoms with Crippen LogP contribution in [0.2, 0.25) is 0 Å². The van der Waals surface area contributed by atoms with Crippen molar-refractivity contribution in [2.75, 3.05) is 44.1 Å². The van der Waals surface area contributed by atoms with Crippen molar-refractivity contribution in [2.45, 2.75) is 20.3 Å². The predicted molar refractivity (Wildman–Crippen MR) is 94.5 cm³/mol. The van der Waals surface area contributed by atoms with Crippen molar-refractivity contribution >= 4 is 23.4 Å². The smallest absolute Gasteiger partial charge is 0.253 e. The average molecular weight is 308 g/mol. The molecule has 0 N–H and O–H groups in total. The largest absolute Gasteiger partial charge is 0.374 e. The number of benzene rings is 1. The third-order valence-electron chi connectivity index (χ3n) is 3.38. The second kappa shape index (κ2) is 8.98. The van der Waals surface area contributed by atoms with Gasteiger partial charge in [0.2, 0.25) is 0 Å². The first kappa shape index (κ1) is 17.9. The van der Waals surface area contributed by atoms with Crippen LogP contribution in [0, 0.1) is 5.92 Å². The molecule has 0 unspecified atom stereocenters. The zero-order chi connectivity index (χ0) is 15.8. The molecule has 1 aromatic rings. The fourth-order valence-corrected chi connectivity index (χ4v) is 2.70. The van der Waals surface area contributed by atoms with Crippen LogP contribution in [0.25, 0.3) is 0 Å². The summed E-state index contributed by atoms with van der Waals surface area (Å²) in [5.74, 6) is 1.82. The van der Waals surface area contributed by atoms with Gasteiger partial charge in [-0.15, -0.1) is 0 Å². The molecule has 4 heteroatoms. The topological polar surface area (TPSA) is 23.6 Å². The molecule has 0 spiro atoms. The molecule has 0 saturated heterocycles. The van der Waals surface area contributed by atoms with E-state index in [2.05, 4.69) is 32.1 Å². The Morgan fingerprint density at radius 3 is 2.33 bits per heavy atom. The van der Waals surface area contributed by atoms with E-state index in [1.807, 2.05) is 48.0 Å². The molecule has 0 radical (unpaired) electrons. The van der Waals surface area contributed by atoms with Crippen molar-refractivity contribution in [2.24, 2.45) is 5.92 Å². The number of carbonyl (C=O) groups is 1. The summed E-state index contributed by atoms with van der Waals surface area (Å²) in [6.45, 7) is 6.24. The molecule has 118 valence electrons. The lowest BCUT2D eigenvalue weighted by molar-refractivity contribution is 0.0795. The Balaban J connectivity index is 2.62. The van der Waals surface area contributed by atoms with Crippen LogP contribution >= 0.6 is 11.8 Å². The number of rotatable bonds is 8. The van der Waals surface area contributed by atoms with E-state index in [-0.39, 0.29) is 5.91 Å². The fourth-order valence-electron chi connectivity index (χ4n) is 2.28. The summed E-state index contributed by atoms with van der Waals surface area (Å²) in [6, 6.07) is 7.93. The molecule has 0 atom stereocenters. The van der Waals surface area contributed by atoms with E-state index >= 15 is 0 Å². The molecular weight excluding hydrogens is 280 g/mol. The molecule has 0 bridgehead atoms. The van der Waals surface area contributed by atoms with Crippen molar-refractivity contribution in [3.05, 3.63) is 29.8 Å². The first-order chi connectivity index (χ1) is 9.95. The predicted octanol–water partition coefficient (Wildman–Crippen LogP) is 3.60. The molecule has 3 nitrogen and oxygen atoms in total. The van der Waals surface area contributed by atoms with E-state index in [1.54, 1.807) is 0 Å². The van der Waals surface area contributed by atoms with Crippen molar-refractivity contribution in [3.8, 4) is 0 Å². The van der Waals surface area contributed by atoms with E-state index < -0.39 is 0 Å². The lowest BCUT2D eigenvalue weighted by Crippen LogP contribution is -2.28. The third-order valence-corrected chi connectivity index (χ3v) is 4.08. The maximum atomic E-state index is 12.3. The number of hydrogen-bond donors (Lipinski definition) is 0. The zero-order valence-corrected chi connectivity index (χ0v) is 14.7. The molecule has 1 aromatic carbocycles. The van der Waals surface area contributed by atoms with E-state index in [0.29, 0.717) is 5.92 Å². The van der Waals surface area contributed by atoms with Crippen LogP contribution in [-0.2, 0) is 0 Å². The monoisotopic (exact) mass is 308 g/mol. The Morgan fingerprint density at radius 1 is 1.19 bits per heavy atom. The van der Waals surface area contributed by atoms with E-state index in [1.165, 1.54) is 0 Å². The molecule has 0 aliphatic rings. The van der Waals surface area contributed by atoms with Gasteiger partial charge in [0.1, 0.15) is 0 Å². The zero-order valence-electron chi connectivity index (χ0n) is 13.9. The number of thioether (sulfide) groups is 1. The highest BCUT2D eigenvalue weighted by Crippen LogP contribution is 2.16. The van der Waals surface area contributed by atoms with Gasteiger partial charge in [0.15, 0.2) is 0 Å². The minimum absolute atomic E-state index is 0.106. The SMILES string of the molecule is CSCCCN(C)C(=O)c1ccc(N(C)CC(C)C)cc1. The standard InChI is InChI=1S/C17H28N2OS/c1-14(2)13-19(4)16-9-7-15(8-10-16)17(20)18(3)11-6-12-21-5/h7-10,14H,6,11-13H2,1-5H3. The van der Waals surface area contributed by atoms with Gasteiger partial charge in [-0.05, 0) is 48.6 Å². The summed E-state index contributed by atoms with van der Waals surface area (Å²) in [5, 5.41) is 0. The Hall–Kier alpha value is -1.16. The van der Waals surface area contributed by atoms with Crippen LogP contribution in [-0.4, -0.2) is 50.0 Å². The van der Waals surface area contributed by atoms with Gasteiger partial charge in [-0.2, -0.15) is 11.8 Å². The average Bonchev–Trinajstić information content (AvgIpc) is 2.46. The molecule has 1 rings (SSSR count). The fraction of sp³-hybridized carbons (Fsp3) is 0.588. The molecular formula is C17H28N2OS. The number of carbonyl (C=O) groups excluding carboxylic acids is 1. The van der Waals surface area contributed by atoms with E-state index in [0.717, 1.165) is 36.5 Å². The Bertz CT molecular complexity index is 431. The van der Waals surface area contributed by atoms with Gasteiger partial charge in [-0.3, -0.25) is 4.79 Å². The van der Waals surface area contributed by atoms with Crippen molar-refractivity contribution in [1.82, 2.24) is 4.90 Å². The second-order valence-corrected chi connectivity index (χ2v) is 6.88.